The third-order valence-corrected chi connectivity index (χ3v) is 2.98. The molecule has 1 aromatic heterocycles. The van der Waals surface area contributed by atoms with Gasteiger partial charge in [-0.15, -0.1) is 11.3 Å². The van der Waals surface area contributed by atoms with Crippen molar-refractivity contribution in [1.82, 2.24) is 0 Å². The van der Waals surface area contributed by atoms with Crippen LogP contribution in [0.15, 0.2) is 23.6 Å². The number of esters is 1. The second kappa shape index (κ2) is 3.31. The van der Waals surface area contributed by atoms with Crippen molar-refractivity contribution in [2.45, 2.75) is 0 Å². The maximum Gasteiger partial charge on any atom is 0.337 e. The van der Waals surface area contributed by atoms with Gasteiger partial charge in [-0.25, -0.2) is 4.79 Å². The highest BCUT2D eigenvalue weighted by Gasteiger charge is 2.09. The van der Waals surface area contributed by atoms with Crippen LogP contribution in [-0.4, -0.2) is 13.1 Å². The molecular weight excluding hydrogens is 198 g/mol. The van der Waals surface area contributed by atoms with Crippen LogP contribution in [0.1, 0.15) is 10.4 Å². The predicted octanol–water partition coefficient (Wildman–Crippen LogP) is 2.27. The van der Waals surface area contributed by atoms with Gasteiger partial charge in [-0.1, -0.05) is 0 Å². The zero-order valence-corrected chi connectivity index (χ0v) is 8.43. The number of hydrogen-bond acceptors (Lipinski definition) is 4. The van der Waals surface area contributed by atoms with Crippen molar-refractivity contribution in [2.75, 3.05) is 12.8 Å². The number of thiophene rings is 1. The number of fused-ring (bicyclic) bond motifs is 1. The molecule has 72 valence electrons. The quantitative estimate of drug-likeness (QED) is 0.576. The first-order chi connectivity index (χ1) is 6.72. The number of carbonyl (C=O) groups is 1. The minimum absolute atomic E-state index is 0.357. The van der Waals surface area contributed by atoms with Crippen LogP contribution in [0.4, 0.5) is 5.69 Å². The molecular formula is C10H9NO2S. The summed E-state index contributed by atoms with van der Waals surface area (Å²) in [6, 6.07) is 5.36. The Morgan fingerprint density at radius 1 is 1.50 bits per heavy atom. The van der Waals surface area contributed by atoms with Crippen molar-refractivity contribution < 1.29 is 9.53 Å². The summed E-state index contributed by atoms with van der Waals surface area (Å²) in [5, 5.41) is 2.93. The van der Waals surface area contributed by atoms with Gasteiger partial charge in [-0.05, 0) is 29.0 Å². The fraction of sp³-hybridized carbons (Fsp3) is 0.100. The van der Waals surface area contributed by atoms with E-state index in [1.54, 1.807) is 23.5 Å². The number of nitrogen functional groups attached to an aromatic ring is 1. The molecule has 4 heteroatoms. The first-order valence-electron chi connectivity index (χ1n) is 4.07. The second-order valence-electron chi connectivity index (χ2n) is 2.90. The Balaban J connectivity index is 2.64. The van der Waals surface area contributed by atoms with Gasteiger partial charge in [0, 0.05) is 0 Å². The van der Waals surface area contributed by atoms with Gasteiger partial charge in [-0.2, -0.15) is 0 Å². The number of rotatable bonds is 1. The zero-order chi connectivity index (χ0) is 10.1. The molecule has 2 aromatic rings. The molecule has 1 aromatic carbocycles. The Hall–Kier alpha value is -1.55. The van der Waals surface area contributed by atoms with Gasteiger partial charge >= 0.3 is 5.97 Å². The highest BCUT2D eigenvalue weighted by molar-refractivity contribution is 7.17. The zero-order valence-electron chi connectivity index (χ0n) is 7.61. The van der Waals surface area contributed by atoms with E-state index in [9.17, 15) is 4.79 Å². The molecule has 0 bridgehead atoms. The molecule has 0 saturated carbocycles. The van der Waals surface area contributed by atoms with Crippen molar-refractivity contribution in [3.63, 3.8) is 0 Å². The number of hydrogen-bond donors (Lipinski definition) is 1. The first-order valence-corrected chi connectivity index (χ1v) is 4.95. The van der Waals surface area contributed by atoms with E-state index in [0.717, 1.165) is 10.1 Å². The fourth-order valence-electron chi connectivity index (χ4n) is 1.35. The van der Waals surface area contributed by atoms with Crippen molar-refractivity contribution in [1.29, 1.82) is 0 Å². The number of carbonyl (C=O) groups excluding carboxylic acids is 1. The van der Waals surface area contributed by atoms with E-state index in [4.69, 9.17) is 5.73 Å². The average molecular weight is 207 g/mol. The Labute approximate surface area is 85.1 Å². The van der Waals surface area contributed by atoms with Crippen molar-refractivity contribution in [2.24, 2.45) is 0 Å². The standard InChI is InChI=1S/C10H9NO2S/c1-13-10(12)7-4-6-2-3-14-9(6)8(11)5-7/h2-5H,11H2,1H3. The van der Waals surface area contributed by atoms with Crippen LogP contribution in [0, 0.1) is 0 Å². The van der Waals surface area contributed by atoms with Crippen LogP contribution in [0.3, 0.4) is 0 Å². The molecule has 0 saturated heterocycles. The number of nitrogens with two attached hydrogens (primary N) is 1. The molecule has 0 atom stereocenters. The van der Waals surface area contributed by atoms with Gasteiger partial charge in [0.2, 0.25) is 0 Å². The van der Waals surface area contributed by atoms with Crippen molar-refractivity contribution in [3.05, 3.63) is 29.1 Å². The van der Waals surface area contributed by atoms with E-state index in [-0.39, 0.29) is 5.97 Å². The number of benzene rings is 1. The van der Waals surface area contributed by atoms with Gasteiger partial charge < -0.3 is 10.5 Å². The van der Waals surface area contributed by atoms with Crippen LogP contribution >= 0.6 is 11.3 Å². The topological polar surface area (TPSA) is 52.3 Å². The molecule has 14 heavy (non-hydrogen) atoms. The minimum atomic E-state index is -0.357. The summed E-state index contributed by atoms with van der Waals surface area (Å²) in [5.41, 5.74) is 6.92. The van der Waals surface area contributed by atoms with Crippen LogP contribution in [0.25, 0.3) is 10.1 Å². The van der Waals surface area contributed by atoms with E-state index >= 15 is 0 Å². The summed E-state index contributed by atoms with van der Waals surface area (Å²) < 4.78 is 5.64. The summed E-state index contributed by atoms with van der Waals surface area (Å²) in [5.74, 6) is -0.357. The van der Waals surface area contributed by atoms with Crippen LogP contribution in [0.5, 0.6) is 0 Å². The van der Waals surface area contributed by atoms with E-state index in [0.29, 0.717) is 11.3 Å². The number of anilines is 1. The largest absolute Gasteiger partial charge is 0.465 e. The SMILES string of the molecule is COC(=O)c1cc(N)c2sccc2c1. The summed E-state index contributed by atoms with van der Waals surface area (Å²) in [7, 11) is 1.36. The smallest absolute Gasteiger partial charge is 0.337 e. The monoisotopic (exact) mass is 207 g/mol. The lowest BCUT2D eigenvalue weighted by Gasteiger charge is -2.01. The third-order valence-electron chi connectivity index (χ3n) is 2.00. The molecule has 2 N–H and O–H groups in total. The summed E-state index contributed by atoms with van der Waals surface area (Å²) in [4.78, 5) is 11.3. The lowest BCUT2D eigenvalue weighted by molar-refractivity contribution is 0.0601. The Morgan fingerprint density at radius 3 is 3.00 bits per heavy atom. The Morgan fingerprint density at radius 2 is 2.29 bits per heavy atom. The average Bonchev–Trinajstić information content (AvgIpc) is 2.64. The molecule has 1 heterocycles. The molecule has 0 aliphatic carbocycles. The molecule has 0 fully saturated rings. The van der Waals surface area contributed by atoms with Gasteiger partial charge in [0.25, 0.3) is 0 Å². The lowest BCUT2D eigenvalue weighted by Crippen LogP contribution is -2.01. The highest BCUT2D eigenvalue weighted by Crippen LogP contribution is 2.28. The molecule has 0 amide bonds. The number of ether oxygens (including phenoxy) is 1. The van der Waals surface area contributed by atoms with Gasteiger partial charge in [0.05, 0.1) is 23.1 Å². The maximum atomic E-state index is 11.3. The normalized spacial score (nSPS) is 10.4. The molecule has 0 unspecified atom stereocenters. The van der Waals surface area contributed by atoms with E-state index in [2.05, 4.69) is 4.74 Å². The van der Waals surface area contributed by atoms with E-state index in [1.807, 2.05) is 11.4 Å². The van der Waals surface area contributed by atoms with E-state index in [1.165, 1.54) is 7.11 Å². The van der Waals surface area contributed by atoms with Crippen molar-refractivity contribution >= 4 is 33.1 Å². The van der Waals surface area contributed by atoms with Crippen LogP contribution < -0.4 is 5.73 Å². The molecule has 0 spiro atoms. The summed E-state index contributed by atoms with van der Waals surface area (Å²) >= 11 is 1.56. The lowest BCUT2D eigenvalue weighted by atomic mass is 10.1. The summed E-state index contributed by atoms with van der Waals surface area (Å²) in [6.45, 7) is 0. The van der Waals surface area contributed by atoms with E-state index < -0.39 is 0 Å². The Bertz CT molecular complexity index is 490. The summed E-state index contributed by atoms with van der Waals surface area (Å²) in [6.07, 6.45) is 0. The molecule has 0 aliphatic heterocycles. The highest BCUT2D eigenvalue weighted by atomic mass is 32.1. The molecule has 2 rings (SSSR count). The number of methoxy groups -OCH3 is 1. The second-order valence-corrected chi connectivity index (χ2v) is 3.81. The van der Waals surface area contributed by atoms with Gasteiger partial charge in [0.15, 0.2) is 0 Å². The third kappa shape index (κ3) is 1.33. The first kappa shape index (κ1) is 9.02. The van der Waals surface area contributed by atoms with Crippen molar-refractivity contribution in [3.8, 4) is 0 Å². The minimum Gasteiger partial charge on any atom is -0.465 e. The molecule has 0 aliphatic rings. The van der Waals surface area contributed by atoms with Crippen LogP contribution in [0.2, 0.25) is 0 Å². The van der Waals surface area contributed by atoms with Gasteiger partial charge in [-0.3, -0.25) is 0 Å². The Kier molecular flexibility index (Phi) is 2.13. The molecule has 3 nitrogen and oxygen atoms in total. The maximum absolute atomic E-state index is 11.3. The van der Waals surface area contributed by atoms with Crippen LogP contribution in [-0.2, 0) is 4.74 Å². The van der Waals surface area contributed by atoms with Gasteiger partial charge in [0.1, 0.15) is 0 Å². The predicted molar refractivity (Wildman–Crippen MR) is 57.6 cm³/mol. The molecule has 0 radical (unpaired) electrons. The fourth-order valence-corrected chi connectivity index (χ4v) is 2.15.